The fraction of sp³-hybridized carbons (Fsp3) is 0.744. The van der Waals surface area contributed by atoms with Crippen molar-refractivity contribution >= 4 is 24.1 Å². The van der Waals surface area contributed by atoms with E-state index in [1.165, 1.54) is 154 Å². The molecular weight excluding hydrogens is 619 g/mol. The van der Waals surface area contributed by atoms with Crippen molar-refractivity contribution in [2.75, 3.05) is 36.0 Å². The Bertz CT molecular complexity index is 867. The predicted octanol–water partition coefficient (Wildman–Crippen LogP) is 13.8. The molecule has 0 spiro atoms. The maximum atomic E-state index is 5.72. The highest BCUT2D eigenvalue weighted by Gasteiger charge is 2.15. The summed E-state index contributed by atoms with van der Waals surface area (Å²) in [7, 11) is 0. The molecule has 1 heterocycles. The minimum Gasteiger partial charge on any atom is -0.342 e. The predicted molar refractivity (Wildman–Crippen MR) is 222 cm³/mol. The molecule has 0 saturated carbocycles. The Morgan fingerprint density at radius 3 is 0.857 bits per heavy atom. The molecule has 0 amide bonds. The third-order valence-electron chi connectivity index (χ3n) is 9.57. The van der Waals surface area contributed by atoms with Gasteiger partial charge >= 0.3 is 0 Å². The number of anilines is 2. The highest BCUT2D eigenvalue weighted by atomic mass is 32.1. The molecule has 280 valence electrons. The van der Waals surface area contributed by atoms with E-state index >= 15 is 0 Å². The molecule has 0 fully saturated rings. The summed E-state index contributed by atoms with van der Waals surface area (Å²) in [5.41, 5.74) is 0. The van der Waals surface area contributed by atoms with Crippen LogP contribution < -0.4 is 9.80 Å². The number of aromatic nitrogens is 3. The van der Waals surface area contributed by atoms with Crippen LogP contribution in [-0.4, -0.2) is 41.1 Å². The molecule has 0 radical (unpaired) electrons. The van der Waals surface area contributed by atoms with Gasteiger partial charge in [-0.1, -0.05) is 127 Å². The van der Waals surface area contributed by atoms with E-state index in [1.54, 1.807) is 0 Å². The molecule has 1 N–H and O–H groups in total. The van der Waals surface area contributed by atoms with E-state index in [2.05, 4.69) is 41.1 Å². The van der Waals surface area contributed by atoms with Crippen LogP contribution in [0.5, 0.6) is 0 Å². The molecule has 0 aromatic carbocycles. The Morgan fingerprint density at radius 2 is 0.612 bits per heavy atom. The number of nitrogens with zero attached hydrogens (tertiary/aromatic N) is 4. The van der Waals surface area contributed by atoms with Gasteiger partial charge in [0.15, 0.2) is 0 Å². The van der Waals surface area contributed by atoms with Crippen molar-refractivity contribution in [1.82, 2.24) is 15.0 Å². The first-order valence-electron chi connectivity index (χ1n) is 20.6. The average Bonchev–Trinajstić information content (AvgIpc) is 3.10. The monoisotopic (exact) mass is 696 g/mol. The second kappa shape index (κ2) is 34.2. The molecule has 0 aliphatic rings. The molecule has 1 aromatic heterocycles. The van der Waals surface area contributed by atoms with Crippen molar-refractivity contribution in [2.24, 2.45) is 0 Å². The van der Waals surface area contributed by atoms with Gasteiger partial charge < -0.3 is 9.80 Å². The summed E-state index contributed by atoms with van der Waals surface area (Å²) >= 11 is 5.72. The summed E-state index contributed by atoms with van der Waals surface area (Å²) in [6.07, 6.45) is 43.3. The van der Waals surface area contributed by atoms with E-state index in [0.29, 0.717) is 4.77 Å². The van der Waals surface area contributed by atoms with Gasteiger partial charge in [0.1, 0.15) is 0 Å². The van der Waals surface area contributed by atoms with Crippen molar-refractivity contribution in [1.29, 1.82) is 0 Å². The van der Waals surface area contributed by atoms with E-state index in [4.69, 9.17) is 22.2 Å². The van der Waals surface area contributed by atoms with Gasteiger partial charge in [-0.2, -0.15) is 9.97 Å². The number of hydrogen-bond donors (Lipinski definition) is 1. The van der Waals surface area contributed by atoms with Crippen LogP contribution in [0.4, 0.5) is 11.9 Å². The summed E-state index contributed by atoms with van der Waals surface area (Å²) in [6, 6.07) is 0. The fourth-order valence-corrected chi connectivity index (χ4v) is 6.68. The lowest BCUT2D eigenvalue weighted by molar-refractivity contribution is 0.558. The van der Waals surface area contributed by atoms with Crippen LogP contribution in [0.25, 0.3) is 0 Å². The van der Waals surface area contributed by atoms with Gasteiger partial charge in [0, 0.05) is 26.2 Å². The quantitative estimate of drug-likeness (QED) is 0.0424. The Kier molecular flexibility index (Phi) is 31.3. The lowest BCUT2D eigenvalue weighted by Gasteiger charge is -2.27. The lowest BCUT2D eigenvalue weighted by atomic mass is 10.1. The molecule has 5 nitrogen and oxygen atoms in total. The molecule has 1 rings (SSSR count). The Morgan fingerprint density at radius 1 is 0.388 bits per heavy atom. The van der Waals surface area contributed by atoms with Crippen molar-refractivity contribution in [3.63, 3.8) is 0 Å². The molecule has 6 heteroatoms. The number of unbranched alkanes of at least 4 members (excludes halogenated alkanes) is 24. The van der Waals surface area contributed by atoms with E-state index in [1.807, 2.05) is 24.3 Å². The molecule has 0 aliphatic carbocycles. The summed E-state index contributed by atoms with van der Waals surface area (Å²) < 4.78 is 0.465. The van der Waals surface area contributed by atoms with Crippen LogP contribution in [0, 0.1) is 4.77 Å². The fourth-order valence-electron chi connectivity index (χ4n) is 6.50. The summed E-state index contributed by atoms with van der Waals surface area (Å²) in [6.45, 7) is 19.5. The molecular formula is C43H77N5S. The van der Waals surface area contributed by atoms with Gasteiger partial charge in [-0.25, -0.2) is 0 Å². The second-order valence-corrected chi connectivity index (χ2v) is 14.4. The van der Waals surface area contributed by atoms with Crippen LogP contribution in [0.2, 0.25) is 0 Å². The third kappa shape index (κ3) is 26.3. The van der Waals surface area contributed by atoms with Gasteiger partial charge in [-0.15, -0.1) is 26.3 Å². The van der Waals surface area contributed by atoms with E-state index < -0.39 is 0 Å². The van der Waals surface area contributed by atoms with Crippen molar-refractivity contribution < 1.29 is 0 Å². The minimum atomic E-state index is 0.465. The normalized spacial score (nSPS) is 11.0. The van der Waals surface area contributed by atoms with Crippen LogP contribution in [0.1, 0.15) is 180 Å². The maximum Gasteiger partial charge on any atom is 0.225 e. The molecule has 0 saturated heterocycles. The zero-order valence-electron chi connectivity index (χ0n) is 32.0. The molecule has 0 unspecified atom stereocenters. The van der Waals surface area contributed by atoms with Gasteiger partial charge in [0.25, 0.3) is 0 Å². The second-order valence-electron chi connectivity index (χ2n) is 14.0. The molecule has 0 aliphatic heterocycles. The molecule has 1 aromatic rings. The zero-order valence-corrected chi connectivity index (χ0v) is 32.8. The van der Waals surface area contributed by atoms with Crippen LogP contribution >= 0.6 is 12.2 Å². The Labute approximate surface area is 309 Å². The Balaban J connectivity index is 2.89. The van der Waals surface area contributed by atoms with E-state index in [9.17, 15) is 0 Å². The highest BCUT2D eigenvalue weighted by molar-refractivity contribution is 7.71. The number of nitrogens with one attached hydrogen (secondary N) is 1. The van der Waals surface area contributed by atoms with Crippen LogP contribution in [0.15, 0.2) is 50.6 Å². The van der Waals surface area contributed by atoms with Gasteiger partial charge in [0.2, 0.25) is 16.7 Å². The summed E-state index contributed by atoms with van der Waals surface area (Å²) in [5.74, 6) is 1.84. The SMILES string of the molecule is C=CCCCCCCCCN(CCCCCCCCC=C)c1nc(=S)nc(N(CCCCCCCCC=C)CCCCCCCCC=C)[nH]1. The zero-order chi connectivity index (χ0) is 35.5. The average molecular weight is 696 g/mol. The number of aromatic amines is 1. The van der Waals surface area contributed by atoms with E-state index in [-0.39, 0.29) is 0 Å². The van der Waals surface area contributed by atoms with Crippen molar-refractivity contribution in [2.45, 2.75) is 180 Å². The first kappa shape index (κ1) is 44.8. The minimum absolute atomic E-state index is 0.465. The largest absolute Gasteiger partial charge is 0.342 e. The lowest BCUT2D eigenvalue weighted by Crippen LogP contribution is -2.31. The van der Waals surface area contributed by atoms with Gasteiger partial charge in [0.05, 0.1) is 0 Å². The maximum absolute atomic E-state index is 5.72. The summed E-state index contributed by atoms with van der Waals surface area (Å²) in [4.78, 5) is 18.3. The van der Waals surface area contributed by atoms with Crippen molar-refractivity contribution in [3.05, 3.63) is 55.4 Å². The molecule has 49 heavy (non-hydrogen) atoms. The van der Waals surface area contributed by atoms with Crippen LogP contribution in [-0.2, 0) is 0 Å². The first-order valence-corrected chi connectivity index (χ1v) is 21.0. The molecule has 0 atom stereocenters. The van der Waals surface area contributed by atoms with Gasteiger partial charge in [-0.05, 0) is 89.3 Å². The van der Waals surface area contributed by atoms with Gasteiger partial charge in [-0.3, -0.25) is 4.98 Å². The smallest absolute Gasteiger partial charge is 0.225 e. The number of rotatable bonds is 38. The first-order chi connectivity index (χ1) is 24.2. The Hall–Kier alpha value is -2.21. The number of hydrogen-bond acceptors (Lipinski definition) is 5. The van der Waals surface area contributed by atoms with Crippen LogP contribution in [0.3, 0.4) is 0 Å². The standard InChI is InChI=1S/C43H77N5S/c1-5-9-13-17-21-25-29-33-37-47(38-34-30-26-22-18-14-10-6-2)41-44-42(46-43(49)45-41)48(39-35-31-27-23-19-15-11-7-3)40-36-32-28-24-20-16-12-8-4/h5-8H,1-4,9-40H2,(H,44,45,46,49). The highest BCUT2D eigenvalue weighted by Crippen LogP contribution is 2.19. The van der Waals surface area contributed by atoms with Crippen molar-refractivity contribution in [3.8, 4) is 0 Å². The molecule has 0 bridgehead atoms. The topological polar surface area (TPSA) is 48.1 Å². The number of allylic oxidation sites excluding steroid dienone is 4. The van der Waals surface area contributed by atoms with E-state index in [0.717, 1.165) is 63.8 Å². The third-order valence-corrected chi connectivity index (χ3v) is 9.75. The number of H-pyrrole nitrogens is 1. The summed E-state index contributed by atoms with van der Waals surface area (Å²) in [5, 5.41) is 0.